The number of hydrogen-bond donors (Lipinski definition) is 1. The number of aldehydes is 1. The maximum Gasteiger partial charge on any atom is 0.237 e. The molecule has 4 nitrogen and oxygen atoms in total. The van der Waals surface area contributed by atoms with Gasteiger partial charge in [-0.3, -0.25) is 4.79 Å². The summed E-state index contributed by atoms with van der Waals surface area (Å²) in [6.07, 6.45) is 0.827. The van der Waals surface area contributed by atoms with Gasteiger partial charge in [0.15, 0.2) is 0 Å². The van der Waals surface area contributed by atoms with Crippen LogP contribution in [0.1, 0.15) is 13.8 Å². The van der Waals surface area contributed by atoms with Crippen LogP contribution in [0.25, 0.3) is 0 Å². The third-order valence-electron chi connectivity index (χ3n) is 2.25. The van der Waals surface area contributed by atoms with E-state index < -0.39 is 0 Å². The molecule has 0 aromatic rings. The molecule has 1 rings (SSSR count). The van der Waals surface area contributed by atoms with Crippen molar-refractivity contribution in [3.05, 3.63) is 0 Å². The van der Waals surface area contributed by atoms with Crippen LogP contribution in [-0.2, 0) is 9.59 Å². The van der Waals surface area contributed by atoms with E-state index >= 15 is 0 Å². The van der Waals surface area contributed by atoms with Gasteiger partial charge in [0.2, 0.25) is 5.91 Å². The maximum atomic E-state index is 11.3. The minimum atomic E-state index is -0.339. The molecule has 0 radical (unpaired) electrons. The van der Waals surface area contributed by atoms with Crippen molar-refractivity contribution >= 4 is 24.0 Å². The molecule has 74 valence electrons. The van der Waals surface area contributed by atoms with E-state index in [-0.39, 0.29) is 23.2 Å². The van der Waals surface area contributed by atoms with Gasteiger partial charge in [-0.05, 0) is 13.8 Å². The largest absolute Gasteiger partial charge is 0.322 e. The van der Waals surface area contributed by atoms with E-state index in [0.717, 1.165) is 6.29 Å². The van der Waals surface area contributed by atoms with E-state index in [1.807, 2.05) is 13.8 Å². The highest BCUT2D eigenvalue weighted by Gasteiger charge is 2.42. The van der Waals surface area contributed by atoms with Gasteiger partial charge in [-0.2, -0.15) is 0 Å². The molecule has 13 heavy (non-hydrogen) atoms. The van der Waals surface area contributed by atoms with Crippen LogP contribution in [0.5, 0.6) is 0 Å². The lowest BCUT2D eigenvalue weighted by molar-refractivity contribution is -0.133. The maximum absolute atomic E-state index is 11.3. The molecule has 0 unspecified atom stereocenters. The lowest BCUT2D eigenvalue weighted by Gasteiger charge is -2.26. The number of amides is 1. The summed E-state index contributed by atoms with van der Waals surface area (Å²) < 4.78 is -0.188. The number of hydrogen-bond acceptors (Lipinski definition) is 4. The van der Waals surface area contributed by atoms with Crippen molar-refractivity contribution in [1.29, 1.82) is 0 Å². The van der Waals surface area contributed by atoms with Gasteiger partial charge in [0.05, 0.1) is 12.4 Å². The zero-order valence-electron chi connectivity index (χ0n) is 7.82. The summed E-state index contributed by atoms with van der Waals surface area (Å²) in [4.78, 5) is 23.6. The van der Waals surface area contributed by atoms with E-state index in [4.69, 9.17) is 5.73 Å². The van der Waals surface area contributed by atoms with E-state index in [9.17, 15) is 9.59 Å². The van der Waals surface area contributed by atoms with Crippen molar-refractivity contribution in [2.24, 2.45) is 5.73 Å². The molecule has 0 aliphatic carbocycles. The Balaban J connectivity index is 2.80. The van der Waals surface area contributed by atoms with Gasteiger partial charge in [0, 0.05) is 4.75 Å². The monoisotopic (exact) mass is 202 g/mol. The Morgan fingerprint density at radius 3 is 2.85 bits per heavy atom. The minimum absolute atomic E-state index is 0.0268. The Morgan fingerprint density at radius 2 is 2.38 bits per heavy atom. The summed E-state index contributed by atoms with van der Waals surface area (Å²) in [5, 5.41) is 0. The Morgan fingerprint density at radius 1 is 1.77 bits per heavy atom. The summed E-state index contributed by atoms with van der Waals surface area (Å²) >= 11 is 1.60. The molecule has 0 saturated carbocycles. The molecule has 1 amide bonds. The molecule has 0 aromatic heterocycles. The van der Waals surface area contributed by atoms with Crippen LogP contribution in [0.2, 0.25) is 0 Å². The zero-order chi connectivity index (χ0) is 10.1. The molecular weight excluding hydrogens is 188 g/mol. The lowest BCUT2D eigenvalue weighted by Crippen LogP contribution is -2.46. The molecule has 2 N–H and O–H groups in total. The van der Waals surface area contributed by atoms with Crippen LogP contribution in [0.15, 0.2) is 0 Å². The standard InChI is InChI=1S/C8H14N2O2S/c1-8(2)6(4-11)10(5-13-8)7(12)3-9/h4,6H,3,5,9H2,1-2H3/t6-/m0/s1. The molecular formula is C8H14N2O2S. The first-order valence-electron chi connectivity index (χ1n) is 4.11. The van der Waals surface area contributed by atoms with Crippen molar-refractivity contribution in [1.82, 2.24) is 4.90 Å². The van der Waals surface area contributed by atoms with E-state index in [1.165, 1.54) is 4.90 Å². The number of nitrogens with two attached hydrogens (primary N) is 1. The Hall–Kier alpha value is -0.550. The van der Waals surface area contributed by atoms with Crippen molar-refractivity contribution in [2.75, 3.05) is 12.4 Å². The van der Waals surface area contributed by atoms with Gasteiger partial charge in [0.1, 0.15) is 12.3 Å². The minimum Gasteiger partial charge on any atom is -0.322 e. The van der Waals surface area contributed by atoms with Gasteiger partial charge in [-0.1, -0.05) is 0 Å². The highest BCUT2D eigenvalue weighted by atomic mass is 32.2. The summed E-state index contributed by atoms with van der Waals surface area (Å²) in [5.74, 6) is 0.405. The normalized spacial score (nSPS) is 26.1. The summed E-state index contributed by atoms with van der Waals surface area (Å²) in [7, 11) is 0. The molecule has 5 heteroatoms. The predicted octanol–water partition coefficient (Wildman–Crippen LogP) is -0.176. The molecule has 1 aliphatic rings. The molecule has 0 spiro atoms. The fourth-order valence-electron chi connectivity index (χ4n) is 1.36. The van der Waals surface area contributed by atoms with Crippen molar-refractivity contribution in [3.8, 4) is 0 Å². The first kappa shape index (κ1) is 10.5. The predicted molar refractivity (Wildman–Crippen MR) is 52.3 cm³/mol. The quantitative estimate of drug-likeness (QED) is 0.631. The van der Waals surface area contributed by atoms with Crippen LogP contribution in [0.3, 0.4) is 0 Å². The topological polar surface area (TPSA) is 63.4 Å². The third kappa shape index (κ3) is 1.86. The average molecular weight is 202 g/mol. The molecule has 1 atom stereocenters. The number of rotatable bonds is 2. The van der Waals surface area contributed by atoms with Gasteiger partial charge >= 0.3 is 0 Å². The van der Waals surface area contributed by atoms with Crippen LogP contribution in [-0.4, -0.2) is 40.3 Å². The second-order valence-electron chi connectivity index (χ2n) is 3.53. The van der Waals surface area contributed by atoms with Gasteiger partial charge in [0.25, 0.3) is 0 Å². The fraction of sp³-hybridized carbons (Fsp3) is 0.750. The first-order chi connectivity index (χ1) is 6.03. The smallest absolute Gasteiger partial charge is 0.237 e. The van der Waals surface area contributed by atoms with E-state index in [1.54, 1.807) is 11.8 Å². The highest BCUT2D eigenvalue weighted by molar-refractivity contribution is 8.00. The van der Waals surface area contributed by atoms with Crippen LogP contribution >= 0.6 is 11.8 Å². The van der Waals surface area contributed by atoms with Crippen molar-refractivity contribution in [2.45, 2.75) is 24.6 Å². The zero-order valence-corrected chi connectivity index (χ0v) is 8.63. The number of carbonyl (C=O) groups excluding carboxylic acids is 2. The van der Waals surface area contributed by atoms with E-state index in [0.29, 0.717) is 5.88 Å². The molecule has 1 aliphatic heterocycles. The van der Waals surface area contributed by atoms with Gasteiger partial charge in [-0.25, -0.2) is 0 Å². The third-order valence-corrected chi connectivity index (χ3v) is 3.64. The second kappa shape index (κ2) is 3.67. The molecule has 1 saturated heterocycles. The molecule has 0 bridgehead atoms. The molecule has 0 aromatic carbocycles. The fourth-order valence-corrected chi connectivity index (χ4v) is 2.49. The Labute approximate surface area is 81.8 Å². The molecule has 1 fully saturated rings. The van der Waals surface area contributed by atoms with Crippen molar-refractivity contribution in [3.63, 3.8) is 0 Å². The summed E-state index contributed by atoms with van der Waals surface area (Å²) in [6.45, 7) is 3.89. The van der Waals surface area contributed by atoms with Crippen LogP contribution in [0, 0.1) is 0 Å². The molecule has 1 heterocycles. The first-order valence-corrected chi connectivity index (χ1v) is 5.10. The van der Waals surface area contributed by atoms with Gasteiger partial charge in [-0.15, -0.1) is 11.8 Å². The summed E-state index contributed by atoms with van der Waals surface area (Å²) in [5.41, 5.74) is 5.24. The SMILES string of the molecule is CC1(C)SCN(C(=O)CN)[C@H]1C=O. The second-order valence-corrected chi connectivity index (χ2v) is 5.12. The Kier molecular flexibility index (Phi) is 2.98. The average Bonchev–Trinajstić information content (AvgIpc) is 2.39. The number of thioether (sulfide) groups is 1. The number of carbonyl (C=O) groups is 2. The van der Waals surface area contributed by atoms with Gasteiger partial charge < -0.3 is 15.4 Å². The Bertz CT molecular complexity index is 230. The van der Waals surface area contributed by atoms with Crippen LogP contribution < -0.4 is 5.73 Å². The van der Waals surface area contributed by atoms with E-state index in [2.05, 4.69) is 0 Å². The van der Waals surface area contributed by atoms with Crippen molar-refractivity contribution < 1.29 is 9.59 Å². The highest BCUT2D eigenvalue weighted by Crippen LogP contribution is 2.37. The number of nitrogens with zero attached hydrogens (tertiary/aromatic N) is 1. The lowest BCUT2D eigenvalue weighted by atomic mass is 10.0. The van der Waals surface area contributed by atoms with Crippen LogP contribution in [0.4, 0.5) is 0 Å². The summed E-state index contributed by atoms with van der Waals surface area (Å²) in [6, 6.07) is -0.339.